The van der Waals surface area contributed by atoms with Crippen LogP contribution in [-0.2, 0) is 0 Å². The Balaban J connectivity index is 1.62. The molecular formula is C14H25F3N2. The summed E-state index contributed by atoms with van der Waals surface area (Å²) in [7, 11) is 0. The second-order valence-electron chi connectivity index (χ2n) is 5.93. The van der Waals surface area contributed by atoms with E-state index in [1.165, 1.54) is 32.1 Å². The van der Waals surface area contributed by atoms with Crippen molar-refractivity contribution in [1.29, 1.82) is 0 Å². The average Bonchev–Trinajstić information content (AvgIpc) is 2.96. The van der Waals surface area contributed by atoms with Crippen LogP contribution in [0.25, 0.3) is 0 Å². The maximum atomic E-state index is 12.0. The lowest BCUT2D eigenvalue weighted by Crippen LogP contribution is -2.42. The first-order valence-corrected chi connectivity index (χ1v) is 7.60. The van der Waals surface area contributed by atoms with Gasteiger partial charge < -0.3 is 10.6 Å². The molecule has 0 aromatic rings. The molecule has 2 N–H and O–H groups in total. The summed E-state index contributed by atoms with van der Waals surface area (Å²) in [5.41, 5.74) is 0. The Labute approximate surface area is 113 Å². The molecule has 1 heterocycles. The molecule has 112 valence electrons. The fraction of sp³-hybridized carbons (Fsp3) is 1.00. The van der Waals surface area contributed by atoms with Gasteiger partial charge in [0.15, 0.2) is 0 Å². The van der Waals surface area contributed by atoms with E-state index in [9.17, 15) is 13.2 Å². The average molecular weight is 278 g/mol. The van der Waals surface area contributed by atoms with E-state index in [1.54, 1.807) is 0 Å². The van der Waals surface area contributed by atoms with Gasteiger partial charge in [0, 0.05) is 18.5 Å². The molecule has 0 spiro atoms. The number of halogens is 3. The number of nitrogens with one attached hydrogen (secondary N) is 2. The van der Waals surface area contributed by atoms with E-state index < -0.39 is 12.6 Å². The third-order valence-corrected chi connectivity index (χ3v) is 4.48. The zero-order valence-corrected chi connectivity index (χ0v) is 11.4. The normalized spacial score (nSPS) is 32.1. The third kappa shape index (κ3) is 4.95. The Morgan fingerprint density at radius 3 is 2.58 bits per heavy atom. The van der Waals surface area contributed by atoms with Crippen LogP contribution in [0.4, 0.5) is 13.2 Å². The van der Waals surface area contributed by atoms with Gasteiger partial charge in [0.2, 0.25) is 0 Å². The molecule has 1 saturated carbocycles. The molecule has 3 unspecified atom stereocenters. The van der Waals surface area contributed by atoms with Crippen molar-refractivity contribution < 1.29 is 13.2 Å². The van der Waals surface area contributed by atoms with Crippen molar-refractivity contribution in [3.8, 4) is 0 Å². The molecule has 1 aliphatic carbocycles. The number of unbranched alkanes of at least 4 members (excludes halogenated alkanes) is 1. The van der Waals surface area contributed by atoms with E-state index >= 15 is 0 Å². The van der Waals surface area contributed by atoms with E-state index in [0.29, 0.717) is 24.4 Å². The van der Waals surface area contributed by atoms with Crippen LogP contribution >= 0.6 is 0 Å². The zero-order chi connectivity index (χ0) is 13.7. The fourth-order valence-corrected chi connectivity index (χ4v) is 3.54. The number of rotatable bonds is 6. The zero-order valence-electron chi connectivity index (χ0n) is 11.4. The summed E-state index contributed by atoms with van der Waals surface area (Å²) in [4.78, 5) is 0. The minimum absolute atomic E-state index is 0.246. The second-order valence-corrected chi connectivity index (χ2v) is 5.93. The Bertz CT molecular complexity index is 262. The number of alkyl halides is 3. The van der Waals surface area contributed by atoms with Gasteiger partial charge in [0.25, 0.3) is 0 Å². The second kappa shape index (κ2) is 6.93. The van der Waals surface area contributed by atoms with Gasteiger partial charge in [-0.2, -0.15) is 13.2 Å². The molecule has 5 heteroatoms. The minimum atomic E-state index is -4.00. The molecule has 0 aromatic heterocycles. The van der Waals surface area contributed by atoms with Crippen molar-refractivity contribution in [2.75, 3.05) is 13.1 Å². The Hall–Kier alpha value is -0.290. The van der Waals surface area contributed by atoms with E-state index in [2.05, 4.69) is 10.6 Å². The van der Waals surface area contributed by atoms with E-state index in [4.69, 9.17) is 0 Å². The molecule has 1 aliphatic heterocycles. The summed E-state index contributed by atoms with van der Waals surface area (Å²) >= 11 is 0. The lowest BCUT2D eigenvalue weighted by Gasteiger charge is -2.26. The van der Waals surface area contributed by atoms with Crippen LogP contribution in [0.3, 0.4) is 0 Å². The summed E-state index contributed by atoms with van der Waals surface area (Å²) < 4.78 is 36.1. The third-order valence-electron chi connectivity index (χ3n) is 4.48. The van der Waals surface area contributed by atoms with Crippen molar-refractivity contribution >= 4 is 0 Å². The first kappa shape index (κ1) is 15.1. The van der Waals surface area contributed by atoms with Gasteiger partial charge >= 0.3 is 6.18 Å². The molecule has 2 aliphatic rings. The summed E-state index contributed by atoms with van der Waals surface area (Å²) in [5.74, 6) is 0.685. The van der Waals surface area contributed by atoms with Crippen molar-refractivity contribution in [2.45, 2.75) is 69.6 Å². The Kier molecular flexibility index (Phi) is 5.51. The minimum Gasteiger partial charge on any atom is -0.314 e. The summed E-state index contributed by atoms with van der Waals surface area (Å²) in [6.45, 7) is 1.85. The van der Waals surface area contributed by atoms with Crippen molar-refractivity contribution in [2.24, 2.45) is 5.92 Å². The van der Waals surface area contributed by atoms with Crippen LogP contribution < -0.4 is 10.6 Å². The van der Waals surface area contributed by atoms with Gasteiger partial charge in [0.1, 0.15) is 0 Å². The highest BCUT2D eigenvalue weighted by atomic mass is 19.4. The van der Waals surface area contributed by atoms with Gasteiger partial charge in [-0.3, -0.25) is 0 Å². The molecule has 2 rings (SSSR count). The quantitative estimate of drug-likeness (QED) is 0.729. The summed E-state index contributed by atoms with van der Waals surface area (Å²) in [6, 6.07) is 1.15. The van der Waals surface area contributed by atoms with Crippen molar-refractivity contribution in [3.63, 3.8) is 0 Å². The van der Waals surface area contributed by atoms with E-state index in [-0.39, 0.29) is 6.42 Å². The van der Waals surface area contributed by atoms with Crippen LogP contribution in [0.1, 0.15) is 51.4 Å². The highest BCUT2D eigenvalue weighted by molar-refractivity contribution is 4.93. The first-order chi connectivity index (χ1) is 9.06. The van der Waals surface area contributed by atoms with Gasteiger partial charge in [0.05, 0.1) is 0 Å². The predicted octanol–water partition coefficient (Wildman–Crippen LogP) is 3.23. The Morgan fingerprint density at radius 1 is 1.05 bits per heavy atom. The van der Waals surface area contributed by atoms with Crippen LogP contribution in [0.15, 0.2) is 0 Å². The monoisotopic (exact) mass is 278 g/mol. The topological polar surface area (TPSA) is 24.1 Å². The summed E-state index contributed by atoms with van der Waals surface area (Å²) in [6.07, 6.45) is 2.45. The molecule has 2 fully saturated rings. The largest absolute Gasteiger partial charge is 0.389 e. The van der Waals surface area contributed by atoms with Crippen LogP contribution in [0.5, 0.6) is 0 Å². The molecule has 0 amide bonds. The summed E-state index contributed by atoms with van der Waals surface area (Å²) in [5, 5.41) is 7.05. The predicted molar refractivity (Wildman–Crippen MR) is 70.1 cm³/mol. The van der Waals surface area contributed by atoms with Gasteiger partial charge in [-0.05, 0) is 57.5 Å². The lowest BCUT2D eigenvalue weighted by molar-refractivity contribution is -0.135. The van der Waals surface area contributed by atoms with Crippen LogP contribution in [0.2, 0.25) is 0 Å². The van der Waals surface area contributed by atoms with Crippen LogP contribution in [0, 0.1) is 5.92 Å². The molecule has 1 saturated heterocycles. The SMILES string of the molecule is FC(F)(F)CCCCNC1CCCC1C1CCCN1. The van der Waals surface area contributed by atoms with Crippen molar-refractivity contribution in [1.82, 2.24) is 10.6 Å². The number of hydrogen-bond acceptors (Lipinski definition) is 2. The molecule has 0 aromatic carbocycles. The fourth-order valence-electron chi connectivity index (χ4n) is 3.54. The molecular weight excluding hydrogens is 253 g/mol. The smallest absolute Gasteiger partial charge is 0.314 e. The first-order valence-electron chi connectivity index (χ1n) is 7.60. The lowest BCUT2D eigenvalue weighted by atomic mass is 9.93. The van der Waals surface area contributed by atoms with Crippen LogP contribution in [-0.4, -0.2) is 31.3 Å². The standard InChI is InChI=1S/C14H25F3N2/c15-14(16,17)8-1-2-9-18-12-6-3-5-11(12)13-7-4-10-19-13/h11-13,18-19H,1-10H2. The molecule has 0 radical (unpaired) electrons. The molecule has 0 bridgehead atoms. The Morgan fingerprint density at radius 2 is 1.89 bits per heavy atom. The maximum Gasteiger partial charge on any atom is 0.389 e. The van der Waals surface area contributed by atoms with E-state index in [0.717, 1.165) is 13.1 Å². The van der Waals surface area contributed by atoms with Gasteiger partial charge in [-0.25, -0.2) is 0 Å². The highest BCUT2D eigenvalue weighted by Crippen LogP contribution is 2.32. The van der Waals surface area contributed by atoms with Crippen molar-refractivity contribution in [3.05, 3.63) is 0 Å². The maximum absolute atomic E-state index is 12.0. The van der Waals surface area contributed by atoms with Gasteiger partial charge in [-0.15, -0.1) is 0 Å². The van der Waals surface area contributed by atoms with E-state index in [1.807, 2.05) is 0 Å². The highest BCUT2D eigenvalue weighted by Gasteiger charge is 2.34. The molecule has 2 nitrogen and oxygen atoms in total. The van der Waals surface area contributed by atoms with Gasteiger partial charge in [-0.1, -0.05) is 6.42 Å². The molecule has 3 atom stereocenters. The number of hydrogen-bond donors (Lipinski definition) is 2. The molecule has 19 heavy (non-hydrogen) atoms.